The molecule has 2 heterocycles. The van der Waals surface area contributed by atoms with E-state index < -0.39 is 0 Å². The Bertz CT molecular complexity index is 789. The predicted octanol–water partition coefficient (Wildman–Crippen LogP) is 3.30. The number of benzene rings is 1. The monoisotopic (exact) mass is 384 g/mol. The molecule has 0 saturated carbocycles. The van der Waals surface area contributed by atoms with E-state index in [2.05, 4.69) is 20.5 Å². The van der Waals surface area contributed by atoms with E-state index in [9.17, 15) is 9.59 Å². The summed E-state index contributed by atoms with van der Waals surface area (Å²) in [5.74, 6) is 0.684. The minimum atomic E-state index is -0.162. The molecule has 1 saturated heterocycles. The second-order valence-electron chi connectivity index (χ2n) is 6.55. The number of pyridine rings is 1. The Morgan fingerprint density at radius 3 is 2.48 bits per heavy atom. The maximum atomic E-state index is 12.0. The Hall–Kier alpha value is -2.54. The third kappa shape index (κ3) is 5.99. The van der Waals surface area contributed by atoms with Crippen molar-refractivity contribution < 1.29 is 9.59 Å². The van der Waals surface area contributed by atoms with E-state index in [0.717, 1.165) is 30.0 Å². The molecule has 2 aromatic rings. The highest BCUT2D eigenvalue weighted by Crippen LogP contribution is 2.20. The van der Waals surface area contributed by atoms with E-state index in [1.165, 1.54) is 24.6 Å². The van der Waals surface area contributed by atoms with Crippen LogP contribution in [0.2, 0.25) is 0 Å². The highest BCUT2D eigenvalue weighted by molar-refractivity contribution is 8.00. The summed E-state index contributed by atoms with van der Waals surface area (Å²) in [4.78, 5) is 30.6. The van der Waals surface area contributed by atoms with Crippen LogP contribution in [0.4, 0.5) is 17.2 Å². The first-order valence-electron chi connectivity index (χ1n) is 9.05. The van der Waals surface area contributed by atoms with Crippen molar-refractivity contribution in [1.29, 1.82) is 0 Å². The fourth-order valence-corrected chi connectivity index (χ4v) is 3.57. The second-order valence-corrected chi connectivity index (χ2v) is 7.54. The number of aromatic nitrogens is 1. The van der Waals surface area contributed by atoms with Crippen LogP contribution in [0.3, 0.4) is 0 Å². The number of nitrogens with zero attached hydrogens (tertiary/aromatic N) is 2. The van der Waals surface area contributed by atoms with Crippen molar-refractivity contribution in [2.45, 2.75) is 19.8 Å². The van der Waals surface area contributed by atoms with Gasteiger partial charge in [0.05, 0.1) is 23.4 Å². The van der Waals surface area contributed by atoms with Crippen molar-refractivity contribution in [3.05, 3.63) is 48.2 Å². The molecule has 0 aliphatic carbocycles. The van der Waals surface area contributed by atoms with Gasteiger partial charge in [-0.25, -0.2) is 4.98 Å². The maximum Gasteiger partial charge on any atom is 0.235 e. The lowest BCUT2D eigenvalue weighted by molar-refractivity contribution is -0.114. The molecule has 1 aromatic heterocycles. The van der Waals surface area contributed by atoms with Crippen LogP contribution in [0, 0.1) is 6.92 Å². The fourth-order valence-electron chi connectivity index (χ4n) is 2.96. The van der Waals surface area contributed by atoms with E-state index >= 15 is 0 Å². The molecule has 2 N–H and O–H groups in total. The Morgan fingerprint density at radius 1 is 1.07 bits per heavy atom. The molecule has 27 heavy (non-hydrogen) atoms. The Kier molecular flexibility index (Phi) is 6.70. The van der Waals surface area contributed by atoms with Gasteiger partial charge in [-0.05, 0) is 49.6 Å². The summed E-state index contributed by atoms with van der Waals surface area (Å²) >= 11 is 1.28. The van der Waals surface area contributed by atoms with Crippen molar-refractivity contribution in [3.8, 4) is 0 Å². The summed E-state index contributed by atoms with van der Waals surface area (Å²) in [5, 5.41) is 5.60. The van der Waals surface area contributed by atoms with E-state index in [-0.39, 0.29) is 23.3 Å². The number of anilines is 3. The summed E-state index contributed by atoms with van der Waals surface area (Å²) in [6, 6.07) is 11.4. The zero-order valence-corrected chi connectivity index (χ0v) is 16.2. The topological polar surface area (TPSA) is 74.3 Å². The highest BCUT2D eigenvalue weighted by Gasteiger charge is 2.13. The zero-order valence-electron chi connectivity index (χ0n) is 15.4. The van der Waals surface area contributed by atoms with Gasteiger partial charge in [0.2, 0.25) is 11.8 Å². The lowest BCUT2D eigenvalue weighted by atomic mass is 10.2. The lowest BCUT2D eigenvalue weighted by Crippen LogP contribution is -2.20. The van der Waals surface area contributed by atoms with Crippen LogP contribution in [-0.4, -0.2) is 41.4 Å². The lowest BCUT2D eigenvalue weighted by Gasteiger charge is -2.17. The fraction of sp³-hybridized carbons (Fsp3) is 0.350. The molecule has 0 bridgehead atoms. The van der Waals surface area contributed by atoms with Gasteiger partial charge in [-0.3, -0.25) is 9.59 Å². The van der Waals surface area contributed by atoms with E-state index in [0.29, 0.717) is 5.82 Å². The average molecular weight is 385 g/mol. The van der Waals surface area contributed by atoms with Gasteiger partial charge in [0.25, 0.3) is 0 Å². The van der Waals surface area contributed by atoms with Crippen molar-refractivity contribution in [2.24, 2.45) is 0 Å². The van der Waals surface area contributed by atoms with Gasteiger partial charge in [-0.1, -0.05) is 12.1 Å². The largest absolute Gasteiger partial charge is 0.370 e. The standard InChI is InChI=1S/C20H24N4O2S/c1-15-5-4-6-16(11-15)22-19(25)13-27-14-20(26)23-18-8-7-17(12-21-18)24-9-2-3-10-24/h4-8,11-12H,2-3,9-10,13-14H2,1H3,(H,22,25)(H,21,23,26). The number of carbonyl (C=O) groups is 2. The molecule has 6 nitrogen and oxygen atoms in total. The second kappa shape index (κ2) is 9.41. The van der Waals surface area contributed by atoms with Gasteiger partial charge in [0, 0.05) is 18.8 Å². The van der Waals surface area contributed by atoms with Crippen molar-refractivity contribution in [2.75, 3.05) is 40.1 Å². The summed E-state index contributed by atoms with van der Waals surface area (Å²) in [5.41, 5.74) is 2.95. The van der Waals surface area contributed by atoms with Crippen LogP contribution in [-0.2, 0) is 9.59 Å². The van der Waals surface area contributed by atoms with Gasteiger partial charge in [-0.2, -0.15) is 0 Å². The number of hydrogen-bond donors (Lipinski definition) is 2. The van der Waals surface area contributed by atoms with E-state index in [1.807, 2.05) is 43.3 Å². The first-order valence-corrected chi connectivity index (χ1v) is 10.2. The molecule has 0 unspecified atom stereocenters. The van der Waals surface area contributed by atoms with Crippen LogP contribution in [0.25, 0.3) is 0 Å². The van der Waals surface area contributed by atoms with Gasteiger partial charge in [0.1, 0.15) is 5.82 Å². The van der Waals surface area contributed by atoms with Gasteiger partial charge in [-0.15, -0.1) is 11.8 Å². The molecule has 0 radical (unpaired) electrons. The summed E-state index contributed by atoms with van der Waals surface area (Å²) < 4.78 is 0. The molecule has 1 aliphatic heterocycles. The molecule has 1 aliphatic rings. The number of amides is 2. The highest BCUT2D eigenvalue weighted by atomic mass is 32.2. The molecule has 1 fully saturated rings. The summed E-state index contributed by atoms with van der Waals surface area (Å²) in [7, 11) is 0. The number of hydrogen-bond acceptors (Lipinski definition) is 5. The summed E-state index contributed by atoms with van der Waals surface area (Å²) in [6.45, 7) is 4.10. The molecule has 0 atom stereocenters. The minimum absolute atomic E-state index is 0.119. The van der Waals surface area contributed by atoms with Crippen molar-refractivity contribution in [1.82, 2.24) is 4.98 Å². The van der Waals surface area contributed by atoms with Crippen LogP contribution in [0.1, 0.15) is 18.4 Å². The normalized spacial score (nSPS) is 13.4. The maximum absolute atomic E-state index is 12.0. The van der Waals surface area contributed by atoms with Crippen molar-refractivity contribution in [3.63, 3.8) is 0 Å². The molecule has 3 rings (SSSR count). The molecular weight excluding hydrogens is 360 g/mol. The zero-order chi connectivity index (χ0) is 19.1. The molecule has 142 valence electrons. The minimum Gasteiger partial charge on any atom is -0.370 e. The molecule has 7 heteroatoms. The van der Waals surface area contributed by atoms with Gasteiger partial charge < -0.3 is 15.5 Å². The molecular formula is C20H24N4O2S. The number of nitrogens with one attached hydrogen (secondary N) is 2. The van der Waals surface area contributed by atoms with Gasteiger partial charge >= 0.3 is 0 Å². The Balaban J connectivity index is 1.38. The Labute approximate surface area is 163 Å². The van der Waals surface area contributed by atoms with Crippen LogP contribution >= 0.6 is 11.8 Å². The number of aryl methyl sites for hydroxylation is 1. The first-order chi connectivity index (χ1) is 13.1. The predicted molar refractivity (Wildman–Crippen MR) is 111 cm³/mol. The van der Waals surface area contributed by atoms with Crippen LogP contribution < -0.4 is 15.5 Å². The van der Waals surface area contributed by atoms with E-state index in [4.69, 9.17) is 0 Å². The third-order valence-electron chi connectivity index (χ3n) is 4.25. The molecule has 1 aromatic carbocycles. The number of thioether (sulfide) groups is 1. The average Bonchev–Trinajstić information content (AvgIpc) is 3.17. The summed E-state index contributed by atoms with van der Waals surface area (Å²) in [6.07, 6.45) is 4.23. The molecule has 2 amide bonds. The third-order valence-corrected chi connectivity index (χ3v) is 5.19. The number of carbonyl (C=O) groups excluding carboxylic acids is 2. The SMILES string of the molecule is Cc1cccc(NC(=O)CSCC(=O)Nc2ccc(N3CCCC3)cn2)c1. The smallest absolute Gasteiger partial charge is 0.235 e. The van der Waals surface area contributed by atoms with E-state index in [1.54, 1.807) is 6.20 Å². The Morgan fingerprint density at radius 2 is 1.81 bits per heavy atom. The van der Waals surface area contributed by atoms with Crippen LogP contribution in [0.15, 0.2) is 42.6 Å². The number of rotatable bonds is 7. The first kappa shape index (κ1) is 19.2. The van der Waals surface area contributed by atoms with Gasteiger partial charge in [0.15, 0.2) is 0 Å². The quantitative estimate of drug-likeness (QED) is 0.766. The van der Waals surface area contributed by atoms with Crippen LogP contribution in [0.5, 0.6) is 0 Å². The molecule has 0 spiro atoms. The van der Waals surface area contributed by atoms with Crippen molar-refractivity contribution >= 4 is 40.8 Å².